The summed E-state index contributed by atoms with van der Waals surface area (Å²) in [6.45, 7) is 1.57. The molecule has 0 aliphatic rings. The summed E-state index contributed by atoms with van der Waals surface area (Å²) in [4.78, 5) is 44.5. The fraction of sp³-hybridized carbons (Fsp3) is 0.125. The summed E-state index contributed by atoms with van der Waals surface area (Å²) < 4.78 is 4.52. The van der Waals surface area contributed by atoms with Gasteiger partial charge in [-0.2, -0.15) is 0 Å². The number of methoxy groups -OCH3 is 1. The minimum atomic E-state index is -0.825. The molecule has 0 aliphatic carbocycles. The van der Waals surface area contributed by atoms with E-state index in [4.69, 9.17) is 0 Å². The van der Waals surface area contributed by atoms with E-state index in [-0.39, 0.29) is 16.8 Å². The van der Waals surface area contributed by atoms with Gasteiger partial charge in [0.25, 0.3) is 17.3 Å². The van der Waals surface area contributed by atoms with Gasteiger partial charge in [0.2, 0.25) is 0 Å². The zero-order valence-corrected chi connectivity index (χ0v) is 13.7. The average Bonchev–Trinajstić information content (AvgIpc) is 2.61. The summed E-state index contributed by atoms with van der Waals surface area (Å²) in [5.41, 5.74) is -0.121. The number of amides is 1. The van der Waals surface area contributed by atoms with Gasteiger partial charge in [0, 0.05) is 35.5 Å². The van der Waals surface area contributed by atoms with Crippen LogP contribution in [-0.2, 0) is 4.74 Å². The van der Waals surface area contributed by atoms with E-state index < -0.39 is 27.4 Å². The first-order valence-electron chi connectivity index (χ1n) is 7.17. The second-order valence-electron chi connectivity index (χ2n) is 5.23. The molecular weight excluding hydrogens is 346 g/mol. The van der Waals surface area contributed by atoms with Gasteiger partial charge >= 0.3 is 5.97 Å². The number of hydrogen-bond donors (Lipinski definition) is 1. The summed E-state index contributed by atoms with van der Waals surface area (Å²) in [6.07, 6.45) is 0. The third-order valence-corrected chi connectivity index (χ3v) is 3.48. The maximum Gasteiger partial charge on any atom is 0.338 e. The van der Waals surface area contributed by atoms with Gasteiger partial charge in [-0.05, 0) is 24.6 Å². The largest absolute Gasteiger partial charge is 0.465 e. The van der Waals surface area contributed by atoms with Crippen molar-refractivity contribution in [2.24, 2.45) is 0 Å². The van der Waals surface area contributed by atoms with Crippen LogP contribution in [0.25, 0.3) is 0 Å². The van der Waals surface area contributed by atoms with E-state index in [1.54, 1.807) is 6.92 Å². The quantitative estimate of drug-likeness (QED) is 0.491. The number of rotatable bonds is 5. The first kappa shape index (κ1) is 18.5. The first-order chi connectivity index (χ1) is 12.2. The molecule has 0 heterocycles. The Balaban J connectivity index is 2.37. The zero-order valence-electron chi connectivity index (χ0n) is 13.7. The van der Waals surface area contributed by atoms with Crippen molar-refractivity contribution in [2.45, 2.75) is 6.92 Å². The molecule has 0 saturated carbocycles. The fourth-order valence-corrected chi connectivity index (χ4v) is 2.18. The van der Waals surface area contributed by atoms with Crippen molar-refractivity contribution in [3.05, 3.63) is 73.3 Å². The maximum atomic E-state index is 12.4. The number of carbonyl (C=O) groups is 2. The number of nitrogens with zero attached hydrogens (tertiary/aromatic N) is 2. The molecule has 0 spiro atoms. The number of carbonyl (C=O) groups excluding carboxylic acids is 2. The molecular formula is C16H13N3O7. The van der Waals surface area contributed by atoms with Crippen molar-refractivity contribution in [1.82, 2.24) is 0 Å². The molecule has 0 fully saturated rings. The van der Waals surface area contributed by atoms with Crippen LogP contribution in [0, 0.1) is 27.2 Å². The number of ether oxygens (including phenoxy) is 1. The van der Waals surface area contributed by atoms with Gasteiger partial charge < -0.3 is 10.1 Å². The topological polar surface area (TPSA) is 142 Å². The first-order valence-corrected chi connectivity index (χ1v) is 7.17. The van der Waals surface area contributed by atoms with Crippen LogP contribution < -0.4 is 5.32 Å². The molecule has 0 aliphatic heterocycles. The second kappa shape index (κ2) is 7.38. The number of nitro benzene ring substituents is 2. The summed E-state index contributed by atoms with van der Waals surface area (Å²) in [7, 11) is 1.11. The van der Waals surface area contributed by atoms with Gasteiger partial charge in [-0.25, -0.2) is 4.79 Å². The number of anilines is 1. The van der Waals surface area contributed by atoms with Gasteiger partial charge in [0.15, 0.2) is 0 Å². The number of nitrogens with one attached hydrogen (secondary N) is 1. The monoisotopic (exact) mass is 359 g/mol. The lowest BCUT2D eigenvalue weighted by molar-refractivity contribution is -0.385. The van der Waals surface area contributed by atoms with Crippen molar-refractivity contribution in [3.8, 4) is 0 Å². The summed E-state index contributed by atoms with van der Waals surface area (Å²) in [5, 5.41) is 24.3. The van der Waals surface area contributed by atoms with Crippen LogP contribution in [0.3, 0.4) is 0 Å². The molecule has 134 valence electrons. The number of hydrogen-bond acceptors (Lipinski definition) is 7. The number of aryl methyl sites for hydroxylation is 1. The molecule has 2 aromatic carbocycles. The van der Waals surface area contributed by atoms with E-state index in [1.807, 2.05) is 0 Å². The van der Waals surface area contributed by atoms with Crippen LogP contribution in [-0.4, -0.2) is 28.8 Å². The van der Waals surface area contributed by atoms with E-state index in [0.29, 0.717) is 11.3 Å². The van der Waals surface area contributed by atoms with E-state index >= 15 is 0 Å². The molecule has 0 unspecified atom stereocenters. The van der Waals surface area contributed by atoms with E-state index in [0.717, 1.165) is 25.3 Å². The highest BCUT2D eigenvalue weighted by Crippen LogP contribution is 2.23. The standard InChI is InChI=1S/C16H13N3O7/c1-9-5-12(18(22)23)3-4-14(9)17-15(20)10-6-11(16(21)26-2)8-13(7-10)19(24)25/h3-8H,1-2H3,(H,17,20). The minimum Gasteiger partial charge on any atom is -0.465 e. The Hall–Kier alpha value is -3.82. The molecule has 1 amide bonds. The maximum absolute atomic E-state index is 12.4. The smallest absolute Gasteiger partial charge is 0.338 e. The molecule has 2 aromatic rings. The number of nitro groups is 2. The predicted molar refractivity (Wildman–Crippen MR) is 90.2 cm³/mol. The van der Waals surface area contributed by atoms with Crippen molar-refractivity contribution >= 4 is 28.9 Å². The molecule has 0 bridgehead atoms. The molecule has 0 saturated heterocycles. The summed E-state index contributed by atoms with van der Waals surface area (Å²) in [5.74, 6) is -1.54. The molecule has 2 rings (SSSR count). The number of esters is 1. The van der Waals surface area contributed by atoms with Crippen LogP contribution >= 0.6 is 0 Å². The van der Waals surface area contributed by atoms with Crippen molar-refractivity contribution in [3.63, 3.8) is 0 Å². The summed E-state index contributed by atoms with van der Waals surface area (Å²) >= 11 is 0. The number of benzene rings is 2. The second-order valence-corrected chi connectivity index (χ2v) is 5.23. The van der Waals surface area contributed by atoms with Crippen molar-refractivity contribution < 1.29 is 24.2 Å². The molecule has 10 heteroatoms. The van der Waals surface area contributed by atoms with Crippen LogP contribution in [0.5, 0.6) is 0 Å². The Bertz CT molecular complexity index is 924. The highest BCUT2D eigenvalue weighted by molar-refractivity contribution is 6.06. The predicted octanol–water partition coefficient (Wildman–Crippen LogP) is 2.85. The molecule has 26 heavy (non-hydrogen) atoms. The molecule has 1 N–H and O–H groups in total. The zero-order chi connectivity index (χ0) is 19.4. The highest BCUT2D eigenvalue weighted by Gasteiger charge is 2.19. The molecule has 10 nitrogen and oxygen atoms in total. The van der Waals surface area contributed by atoms with Gasteiger partial charge in [-0.1, -0.05) is 0 Å². The van der Waals surface area contributed by atoms with Crippen LogP contribution in [0.4, 0.5) is 17.1 Å². The Labute approximate surface area is 146 Å². The molecule has 0 radical (unpaired) electrons. The van der Waals surface area contributed by atoms with Crippen molar-refractivity contribution in [2.75, 3.05) is 12.4 Å². The van der Waals surface area contributed by atoms with Crippen LogP contribution in [0.2, 0.25) is 0 Å². The van der Waals surface area contributed by atoms with Gasteiger partial charge in [-0.15, -0.1) is 0 Å². The Kier molecular flexibility index (Phi) is 5.26. The SMILES string of the molecule is COC(=O)c1cc(C(=O)Nc2ccc([N+](=O)[O-])cc2C)cc([N+](=O)[O-])c1. The molecule has 0 atom stereocenters. The summed E-state index contributed by atoms with van der Waals surface area (Å²) in [6, 6.07) is 7.03. The lowest BCUT2D eigenvalue weighted by atomic mass is 10.1. The van der Waals surface area contributed by atoms with Gasteiger partial charge in [0.1, 0.15) is 0 Å². The van der Waals surface area contributed by atoms with Crippen LogP contribution in [0.1, 0.15) is 26.3 Å². The third-order valence-electron chi connectivity index (χ3n) is 3.48. The normalized spacial score (nSPS) is 10.1. The van der Waals surface area contributed by atoms with Gasteiger partial charge in [0.05, 0.1) is 22.5 Å². The van der Waals surface area contributed by atoms with E-state index in [1.165, 1.54) is 18.2 Å². The van der Waals surface area contributed by atoms with E-state index in [2.05, 4.69) is 10.1 Å². The van der Waals surface area contributed by atoms with Gasteiger partial charge in [-0.3, -0.25) is 25.0 Å². The van der Waals surface area contributed by atoms with Crippen molar-refractivity contribution in [1.29, 1.82) is 0 Å². The number of non-ortho nitro benzene ring substituents is 2. The Morgan fingerprint density at radius 2 is 1.58 bits per heavy atom. The Morgan fingerprint density at radius 1 is 0.962 bits per heavy atom. The highest BCUT2D eigenvalue weighted by atomic mass is 16.6. The fourth-order valence-electron chi connectivity index (χ4n) is 2.18. The minimum absolute atomic E-state index is 0.127. The lowest BCUT2D eigenvalue weighted by Crippen LogP contribution is -2.14. The van der Waals surface area contributed by atoms with Crippen LogP contribution in [0.15, 0.2) is 36.4 Å². The lowest BCUT2D eigenvalue weighted by Gasteiger charge is -2.09. The molecule has 0 aromatic heterocycles. The Morgan fingerprint density at radius 3 is 2.12 bits per heavy atom. The average molecular weight is 359 g/mol. The van der Waals surface area contributed by atoms with E-state index in [9.17, 15) is 29.8 Å². The third kappa shape index (κ3) is 3.98.